The van der Waals surface area contributed by atoms with Crippen LogP contribution >= 0.6 is 23.6 Å². The fourth-order valence-electron chi connectivity index (χ4n) is 2.62. The Labute approximate surface area is 150 Å². The second-order valence-corrected chi connectivity index (χ2v) is 6.93. The number of rotatable bonds is 3. The first-order chi connectivity index (χ1) is 11.8. The lowest BCUT2D eigenvalue weighted by Gasteiger charge is -2.14. The summed E-state index contributed by atoms with van der Waals surface area (Å²) in [6.45, 7) is 4.00. The molecule has 3 rings (SSSR count). The number of aromatic nitrogens is 3. The molecule has 0 unspecified atom stereocenters. The zero-order valence-electron chi connectivity index (χ0n) is 13.4. The lowest BCUT2D eigenvalue weighted by atomic mass is 10.1. The number of H-pyrrole nitrogens is 1. The van der Waals surface area contributed by atoms with E-state index in [2.05, 4.69) is 9.97 Å². The number of pyridine rings is 1. The van der Waals surface area contributed by atoms with Gasteiger partial charge in [0.15, 0.2) is 4.77 Å². The molecular formula is C16H14F3N3OS2. The maximum atomic E-state index is 13.6. The zero-order chi connectivity index (χ0) is 18.4. The van der Waals surface area contributed by atoms with E-state index in [9.17, 15) is 18.0 Å². The molecule has 0 aliphatic heterocycles. The smallest absolute Gasteiger partial charge is 0.303 e. The maximum Gasteiger partial charge on any atom is 0.417 e. The monoisotopic (exact) mass is 385 g/mol. The summed E-state index contributed by atoms with van der Waals surface area (Å²) in [5, 5.41) is -0.487. The van der Waals surface area contributed by atoms with Gasteiger partial charge in [0.05, 0.1) is 21.5 Å². The van der Waals surface area contributed by atoms with Gasteiger partial charge < -0.3 is 4.57 Å². The molecule has 0 spiro atoms. The normalized spacial score (nSPS) is 12.0. The Balaban J connectivity index is 2.46. The Morgan fingerprint density at radius 3 is 2.60 bits per heavy atom. The Hall–Kier alpha value is -2.00. The number of thiophene rings is 1. The summed E-state index contributed by atoms with van der Waals surface area (Å²) in [4.78, 5) is 20.5. The highest BCUT2D eigenvalue weighted by atomic mass is 32.1. The highest BCUT2D eigenvalue weighted by molar-refractivity contribution is 7.71. The van der Waals surface area contributed by atoms with Gasteiger partial charge in [0.1, 0.15) is 5.65 Å². The Morgan fingerprint density at radius 2 is 2.04 bits per heavy atom. The summed E-state index contributed by atoms with van der Waals surface area (Å²) in [5.41, 5.74) is -1.74. The van der Waals surface area contributed by atoms with Gasteiger partial charge in [-0.2, -0.15) is 13.2 Å². The summed E-state index contributed by atoms with van der Waals surface area (Å²) in [6, 6.07) is 4.55. The first kappa shape index (κ1) is 17.8. The molecule has 0 aromatic carbocycles. The van der Waals surface area contributed by atoms with Gasteiger partial charge >= 0.3 is 6.18 Å². The van der Waals surface area contributed by atoms with Crippen molar-refractivity contribution in [2.24, 2.45) is 0 Å². The van der Waals surface area contributed by atoms with Gasteiger partial charge in [0.2, 0.25) is 0 Å². The predicted octanol–water partition coefficient (Wildman–Crippen LogP) is 4.78. The quantitative estimate of drug-likeness (QED) is 0.660. The fraction of sp³-hybridized carbons (Fsp3) is 0.312. The van der Waals surface area contributed by atoms with E-state index in [1.165, 1.54) is 15.9 Å². The van der Waals surface area contributed by atoms with Crippen molar-refractivity contribution >= 4 is 34.6 Å². The molecule has 0 fully saturated rings. The van der Waals surface area contributed by atoms with Crippen LogP contribution in [0.1, 0.15) is 24.3 Å². The minimum absolute atomic E-state index is 0.0486. The number of aryl methyl sites for hydroxylation is 2. The van der Waals surface area contributed by atoms with Crippen LogP contribution in [-0.4, -0.2) is 14.5 Å². The molecule has 0 radical (unpaired) electrons. The van der Waals surface area contributed by atoms with E-state index in [-0.39, 0.29) is 16.1 Å². The highest BCUT2D eigenvalue weighted by Crippen LogP contribution is 2.37. The molecule has 1 N–H and O–H groups in total. The second kappa shape index (κ2) is 6.38. The number of fused-ring (bicyclic) bond motifs is 1. The third kappa shape index (κ3) is 3.13. The van der Waals surface area contributed by atoms with Crippen molar-refractivity contribution in [2.45, 2.75) is 33.0 Å². The average molecular weight is 385 g/mol. The van der Waals surface area contributed by atoms with Gasteiger partial charge in [-0.1, -0.05) is 6.92 Å². The van der Waals surface area contributed by atoms with Crippen molar-refractivity contribution in [3.8, 4) is 10.6 Å². The van der Waals surface area contributed by atoms with Gasteiger partial charge in [0, 0.05) is 11.4 Å². The highest BCUT2D eigenvalue weighted by Gasteiger charge is 2.35. The number of alkyl halides is 3. The summed E-state index contributed by atoms with van der Waals surface area (Å²) >= 11 is 6.46. The van der Waals surface area contributed by atoms with Crippen LogP contribution < -0.4 is 5.56 Å². The largest absolute Gasteiger partial charge is 0.417 e. The lowest BCUT2D eigenvalue weighted by molar-refractivity contribution is -0.136. The van der Waals surface area contributed by atoms with Gasteiger partial charge in [-0.05, 0) is 43.8 Å². The first-order valence-corrected chi connectivity index (χ1v) is 8.82. The molecule has 0 bridgehead atoms. The molecule has 0 saturated carbocycles. The molecule has 3 heterocycles. The molecular weight excluding hydrogens is 371 g/mol. The minimum atomic E-state index is -4.68. The first-order valence-electron chi connectivity index (χ1n) is 7.60. The SMILES string of the molecule is CCc1ccc(-c2cc(C(F)(F)F)c3c(=O)[nH]c(=S)n(CC)c3n2)s1. The van der Waals surface area contributed by atoms with Crippen LogP contribution in [0.25, 0.3) is 21.6 Å². The Bertz CT molecular complexity index is 1060. The van der Waals surface area contributed by atoms with Crippen LogP contribution in [0.2, 0.25) is 0 Å². The molecule has 4 nitrogen and oxygen atoms in total. The Morgan fingerprint density at radius 1 is 1.32 bits per heavy atom. The maximum absolute atomic E-state index is 13.6. The molecule has 0 aliphatic carbocycles. The molecule has 9 heteroatoms. The van der Waals surface area contributed by atoms with Gasteiger partial charge in [-0.25, -0.2) is 4.98 Å². The predicted molar refractivity (Wildman–Crippen MR) is 94.6 cm³/mol. The second-order valence-electron chi connectivity index (χ2n) is 5.37. The topological polar surface area (TPSA) is 50.7 Å². The van der Waals surface area contributed by atoms with Crippen LogP contribution in [0.5, 0.6) is 0 Å². The summed E-state index contributed by atoms with van der Waals surface area (Å²) < 4.78 is 42.2. The number of nitrogens with one attached hydrogen (secondary N) is 1. The van der Waals surface area contributed by atoms with E-state index in [1.54, 1.807) is 13.0 Å². The van der Waals surface area contributed by atoms with Crippen molar-refractivity contribution in [1.29, 1.82) is 0 Å². The van der Waals surface area contributed by atoms with Crippen LogP contribution in [0.3, 0.4) is 0 Å². The van der Waals surface area contributed by atoms with Crippen molar-refractivity contribution in [2.75, 3.05) is 0 Å². The van der Waals surface area contributed by atoms with Gasteiger partial charge in [-0.15, -0.1) is 11.3 Å². The van der Waals surface area contributed by atoms with E-state index in [1.807, 2.05) is 13.0 Å². The van der Waals surface area contributed by atoms with Crippen molar-refractivity contribution in [3.63, 3.8) is 0 Å². The number of nitrogens with zero attached hydrogens (tertiary/aromatic N) is 2. The van der Waals surface area contributed by atoms with Crippen LogP contribution in [-0.2, 0) is 19.1 Å². The van der Waals surface area contributed by atoms with E-state index in [0.717, 1.165) is 17.4 Å². The fourth-order valence-corrected chi connectivity index (χ4v) is 3.84. The molecule has 0 aliphatic rings. The zero-order valence-corrected chi connectivity index (χ0v) is 15.0. The lowest BCUT2D eigenvalue weighted by Crippen LogP contribution is -2.20. The number of hydrogen-bond donors (Lipinski definition) is 1. The van der Waals surface area contributed by atoms with Gasteiger partial charge in [-0.3, -0.25) is 9.78 Å². The van der Waals surface area contributed by atoms with Crippen molar-refractivity contribution in [1.82, 2.24) is 14.5 Å². The summed E-state index contributed by atoms with van der Waals surface area (Å²) in [5.74, 6) is 0. The molecule has 0 atom stereocenters. The number of hydrogen-bond acceptors (Lipinski definition) is 4. The van der Waals surface area contributed by atoms with E-state index in [4.69, 9.17) is 12.2 Å². The average Bonchev–Trinajstić information content (AvgIpc) is 3.02. The molecule has 0 saturated heterocycles. The third-order valence-electron chi connectivity index (χ3n) is 3.83. The van der Waals surface area contributed by atoms with Gasteiger partial charge in [0.25, 0.3) is 5.56 Å². The molecule has 3 aromatic rings. The van der Waals surface area contributed by atoms with E-state index < -0.39 is 22.7 Å². The van der Waals surface area contributed by atoms with Crippen molar-refractivity contribution in [3.05, 3.63) is 43.8 Å². The molecule has 25 heavy (non-hydrogen) atoms. The van der Waals surface area contributed by atoms with Crippen LogP contribution in [0, 0.1) is 4.77 Å². The minimum Gasteiger partial charge on any atom is -0.303 e. The van der Waals surface area contributed by atoms with Crippen LogP contribution in [0.4, 0.5) is 13.2 Å². The Kier molecular flexibility index (Phi) is 4.54. The van der Waals surface area contributed by atoms with Crippen molar-refractivity contribution < 1.29 is 13.2 Å². The summed E-state index contributed by atoms with van der Waals surface area (Å²) in [7, 11) is 0. The third-order valence-corrected chi connectivity index (χ3v) is 5.41. The molecule has 0 amide bonds. The molecule has 132 valence electrons. The molecule has 3 aromatic heterocycles. The van der Waals surface area contributed by atoms with E-state index >= 15 is 0 Å². The number of aromatic amines is 1. The standard InChI is InChI=1S/C16H14F3N3OS2/c1-3-8-5-6-11(25-8)10-7-9(16(17,18)19)12-13(20-10)22(4-2)15(24)21-14(12)23/h5-7H,3-4H2,1-2H3,(H,21,23,24). The van der Waals surface area contributed by atoms with Crippen LogP contribution in [0.15, 0.2) is 23.0 Å². The number of halogens is 3. The summed E-state index contributed by atoms with van der Waals surface area (Å²) in [6.07, 6.45) is -3.89. The van der Waals surface area contributed by atoms with E-state index in [0.29, 0.717) is 11.4 Å².